The predicted octanol–water partition coefficient (Wildman–Crippen LogP) is 5.67. The Bertz CT molecular complexity index is 901. The third kappa shape index (κ3) is 4.18. The van der Waals surface area contributed by atoms with E-state index in [9.17, 15) is 8.42 Å². The predicted molar refractivity (Wildman–Crippen MR) is 117 cm³/mol. The highest BCUT2D eigenvalue weighted by atomic mass is 32.2. The molecule has 3 nitrogen and oxygen atoms in total. The van der Waals surface area contributed by atoms with E-state index in [1.807, 2.05) is 18.2 Å². The van der Waals surface area contributed by atoms with Crippen molar-refractivity contribution in [3.63, 3.8) is 0 Å². The van der Waals surface area contributed by atoms with Gasteiger partial charge < -0.3 is 0 Å². The summed E-state index contributed by atoms with van der Waals surface area (Å²) in [5, 5.41) is 0. The van der Waals surface area contributed by atoms with Crippen molar-refractivity contribution in [2.45, 2.75) is 76.7 Å². The van der Waals surface area contributed by atoms with E-state index in [0.29, 0.717) is 17.4 Å². The minimum absolute atomic E-state index is 0.0669. The van der Waals surface area contributed by atoms with Crippen molar-refractivity contribution in [3.8, 4) is 0 Å². The van der Waals surface area contributed by atoms with Crippen molar-refractivity contribution in [2.75, 3.05) is 6.54 Å². The number of nitrogens with zero attached hydrogens (tertiary/aromatic N) is 1. The average molecular weight is 400 g/mol. The van der Waals surface area contributed by atoms with E-state index in [0.717, 1.165) is 17.5 Å². The summed E-state index contributed by atoms with van der Waals surface area (Å²) in [6.45, 7) is 13.3. The van der Waals surface area contributed by atoms with Crippen LogP contribution in [0.1, 0.15) is 81.5 Å². The third-order valence-corrected chi connectivity index (χ3v) is 7.68. The maximum Gasteiger partial charge on any atom is 0.244 e. The lowest BCUT2D eigenvalue weighted by atomic mass is 9.89. The van der Waals surface area contributed by atoms with Gasteiger partial charge in [-0.15, -0.1) is 0 Å². The van der Waals surface area contributed by atoms with Crippen LogP contribution in [0.2, 0.25) is 0 Å². The minimum atomic E-state index is -3.50. The van der Waals surface area contributed by atoms with Gasteiger partial charge in [-0.05, 0) is 46.4 Å². The normalized spacial score (nSPS) is 19.6. The number of hydrogen-bond acceptors (Lipinski definition) is 2. The van der Waals surface area contributed by atoms with Crippen molar-refractivity contribution < 1.29 is 8.42 Å². The van der Waals surface area contributed by atoms with Gasteiger partial charge in [0.05, 0.1) is 4.90 Å². The van der Waals surface area contributed by atoms with Crippen LogP contribution in [0.4, 0.5) is 0 Å². The van der Waals surface area contributed by atoms with E-state index in [-0.39, 0.29) is 17.9 Å². The first kappa shape index (κ1) is 21.1. The quantitative estimate of drug-likeness (QED) is 0.562. The molecule has 0 bridgehead atoms. The van der Waals surface area contributed by atoms with Crippen molar-refractivity contribution in [1.29, 1.82) is 0 Å². The molecule has 0 spiro atoms. The molecule has 1 saturated heterocycles. The zero-order chi connectivity index (χ0) is 20.6. The number of benzene rings is 2. The van der Waals surface area contributed by atoms with Crippen molar-refractivity contribution in [1.82, 2.24) is 4.31 Å². The molecule has 0 amide bonds. The molecule has 2 unspecified atom stereocenters. The van der Waals surface area contributed by atoms with Crippen LogP contribution in [0.5, 0.6) is 0 Å². The van der Waals surface area contributed by atoms with Crippen LogP contribution in [-0.2, 0) is 16.4 Å². The summed E-state index contributed by atoms with van der Waals surface area (Å²) < 4.78 is 29.0. The summed E-state index contributed by atoms with van der Waals surface area (Å²) in [5.41, 5.74) is 4.33. The maximum absolute atomic E-state index is 13.7. The van der Waals surface area contributed by atoms with Crippen LogP contribution in [-0.4, -0.2) is 25.3 Å². The Kier molecular flexibility index (Phi) is 6.02. The molecule has 28 heavy (non-hydrogen) atoms. The van der Waals surface area contributed by atoms with E-state index in [4.69, 9.17) is 0 Å². The summed E-state index contributed by atoms with van der Waals surface area (Å²) >= 11 is 0. The monoisotopic (exact) mass is 399 g/mol. The van der Waals surface area contributed by atoms with Crippen LogP contribution < -0.4 is 0 Å². The fourth-order valence-electron chi connectivity index (χ4n) is 3.81. The second-order valence-corrected chi connectivity index (χ2v) is 10.7. The summed E-state index contributed by atoms with van der Waals surface area (Å²) in [6, 6.07) is 14.4. The highest BCUT2D eigenvalue weighted by molar-refractivity contribution is 7.89. The first-order valence-corrected chi connectivity index (χ1v) is 11.8. The van der Waals surface area contributed by atoms with Crippen LogP contribution in [0.25, 0.3) is 0 Å². The smallest absolute Gasteiger partial charge is 0.207 e. The Morgan fingerprint density at radius 2 is 1.43 bits per heavy atom. The molecule has 1 aliphatic rings. The molecule has 1 fully saturated rings. The van der Waals surface area contributed by atoms with Crippen LogP contribution >= 0.6 is 0 Å². The van der Waals surface area contributed by atoms with E-state index in [1.54, 1.807) is 4.31 Å². The lowest BCUT2D eigenvalue weighted by Crippen LogP contribution is -2.21. The molecule has 1 heterocycles. The van der Waals surface area contributed by atoms with Gasteiger partial charge in [-0.1, -0.05) is 84.0 Å². The molecule has 2 aromatic rings. The largest absolute Gasteiger partial charge is 0.244 e. The molecule has 0 aliphatic carbocycles. The second-order valence-electron chi connectivity index (χ2n) is 8.91. The first-order chi connectivity index (χ1) is 13.1. The SMILES string of the molecule is CC(C)c1cc(C(C)C)c(S(=O)(=O)N2CC2Cc2ccccc2)c(C(C)C)c1. The fourth-order valence-corrected chi connectivity index (χ4v) is 6.07. The van der Waals surface area contributed by atoms with Crippen molar-refractivity contribution in [2.24, 2.45) is 0 Å². The lowest BCUT2D eigenvalue weighted by molar-refractivity contribution is 0.546. The number of rotatable bonds is 7. The molecule has 0 aromatic heterocycles. The number of sulfonamides is 1. The van der Waals surface area contributed by atoms with Crippen LogP contribution in [0, 0.1) is 0 Å². The van der Waals surface area contributed by atoms with Gasteiger partial charge in [0.1, 0.15) is 0 Å². The third-order valence-electron chi connectivity index (χ3n) is 5.62. The van der Waals surface area contributed by atoms with E-state index < -0.39 is 10.0 Å². The van der Waals surface area contributed by atoms with Crippen LogP contribution in [0.3, 0.4) is 0 Å². The molecule has 152 valence electrons. The Balaban J connectivity index is 2.01. The Morgan fingerprint density at radius 3 is 1.89 bits per heavy atom. The zero-order valence-corrected chi connectivity index (χ0v) is 18.8. The molecule has 4 heteroatoms. The maximum atomic E-state index is 13.7. The molecule has 3 rings (SSSR count). The summed E-state index contributed by atoms with van der Waals surface area (Å²) in [4.78, 5) is 0.553. The van der Waals surface area contributed by atoms with Gasteiger partial charge in [0, 0.05) is 12.6 Å². The summed E-state index contributed by atoms with van der Waals surface area (Å²) in [7, 11) is -3.50. The average Bonchev–Trinajstić information content (AvgIpc) is 3.41. The molecular formula is C24H33NO2S. The van der Waals surface area contributed by atoms with Gasteiger partial charge in [-0.3, -0.25) is 0 Å². The second kappa shape index (κ2) is 8.00. The van der Waals surface area contributed by atoms with Gasteiger partial charge in [0.15, 0.2) is 0 Å². The molecule has 0 N–H and O–H groups in total. The van der Waals surface area contributed by atoms with E-state index in [2.05, 4.69) is 65.8 Å². The zero-order valence-electron chi connectivity index (χ0n) is 17.9. The molecule has 1 aliphatic heterocycles. The Morgan fingerprint density at radius 1 is 0.893 bits per heavy atom. The molecule has 2 atom stereocenters. The van der Waals surface area contributed by atoms with Crippen molar-refractivity contribution in [3.05, 3.63) is 64.7 Å². The lowest BCUT2D eigenvalue weighted by Gasteiger charge is -2.23. The molecular weight excluding hydrogens is 366 g/mol. The van der Waals surface area contributed by atoms with Gasteiger partial charge >= 0.3 is 0 Å². The molecule has 0 radical (unpaired) electrons. The van der Waals surface area contributed by atoms with Gasteiger partial charge in [0.25, 0.3) is 0 Å². The Labute approximate surface area is 170 Å². The summed E-state index contributed by atoms with van der Waals surface area (Å²) in [5.74, 6) is 0.695. The van der Waals surface area contributed by atoms with Crippen molar-refractivity contribution >= 4 is 10.0 Å². The fraction of sp³-hybridized carbons (Fsp3) is 0.500. The number of hydrogen-bond donors (Lipinski definition) is 0. The minimum Gasteiger partial charge on any atom is -0.207 e. The van der Waals surface area contributed by atoms with Gasteiger partial charge in [0.2, 0.25) is 10.0 Å². The van der Waals surface area contributed by atoms with Crippen LogP contribution in [0.15, 0.2) is 47.4 Å². The van der Waals surface area contributed by atoms with E-state index in [1.165, 1.54) is 11.1 Å². The topological polar surface area (TPSA) is 37.1 Å². The first-order valence-electron chi connectivity index (χ1n) is 10.4. The van der Waals surface area contributed by atoms with E-state index >= 15 is 0 Å². The highest BCUT2D eigenvalue weighted by Gasteiger charge is 2.46. The highest BCUT2D eigenvalue weighted by Crippen LogP contribution is 2.40. The summed E-state index contributed by atoms with van der Waals surface area (Å²) in [6.07, 6.45) is 0.776. The van der Waals surface area contributed by atoms with Gasteiger partial charge in [-0.2, -0.15) is 4.31 Å². The Hall–Kier alpha value is -1.65. The standard InChI is InChI=1S/C24H33NO2S/c1-16(2)20-13-22(17(3)4)24(23(14-20)18(5)6)28(26,27)25-15-21(25)12-19-10-8-7-9-11-19/h7-11,13-14,16-18,21H,12,15H2,1-6H3. The van der Waals surface area contributed by atoms with Gasteiger partial charge in [-0.25, -0.2) is 8.42 Å². The molecule has 0 saturated carbocycles. The molecule has 2 aromatic carbocycles.